The fourth-order valence-corrected chi connectivity index (χ4v) is 2.69. The van der Waals surface area contributed by atoms with Crippen LogP contribution in [0.2, 0.25) is 0 Å². The van der Waals surface area contributed by atoms with Gasteiger partial charge in [-0.15, -0.1) is 0 Å². The molecule has 0 radical (unpaired) electrons. The topological polar surface area (TPSA) is 95.5 Å². The maximum absolute atomic E-state index is 12.5. The number of hydrogen-bond donors (Lipinski definition) is 3. The van der Waals surface area contributed by atoms with Gasteiger partial charge in [-0.25, -0.2) is 4.79 Å². The molecule has 0 aliphatic heterocycles. The molecule has 2 amide bonds. The van der Waals surface area contributed by atoms with Gasteiger partial charge < -0.3 is 15.7 Å². The fraction of sp³-hybridized carbons (Fsp3) is 0.786. The first kappa shape index (κ1) is 16.5. The van der Waals surface area contributed by atoms with Crippen LogP contribution >= 0.6 is 0 Å². The number of carboxylic acids is 1. The third kappa shape index (κ3) is 3.95. The average molecular weight is 284 g/mol. The minimum atomic E-state index is -1.05. The number of hydrogen-bond acceptors (Lipinski definition) is 3. The molecule has 3 N–H and O–H groups in total. The highest BCUT2D eigenvalue weighted by Crippen LogP contribution is 2.28. The van der Waals surface area contributed by atoms with E-state index < -0.39 is 17.6 Å². The summed E-state index contributed by atoms with van der Waals surface area (Å²) in [6, 6.07) is -0.935. The van der Waals surface area contributed by atoms with Crippen molar-refractivity contribution in [3.8, 4) is 0 Å². The van der Waals surface area contributed by atoms with Crippen molar-refractivity contribution in [1.82, 2.24) is 10.6 Å². The Labute approximate surface area is 119 Å². The van der Waals surface area contributed by atoms with Crippen LogP contribution in [0.1, 0.15) is 52.9 Å². The van der Waals surface area contributed by atoms with E-state index in [1.165, 1.54) is 6.92 Å². The molecular weight excluding hydrogens is 260 g/mol. The molecule has 0 bridgehead atoms. The van der Waals surface area contributed by atoms with E-state index in [2.05, 4.69) is 10.6 Å². The second-order valence-corrected chi connectivity index (χ2v) is 5.86. The molecule has 0 aromatic carbocycles. The molecule has 1 rings (SSSR count). The maximum atomic E-state index is 12.5. The highest BCUT2D eigenvalue weighted by molar-refractivity contribution is 5.93. The Morgan fingerprint density at radius 1 is 1.10 bits per heavy atom. The van der Waals surface area contributed by atoms with Crippen molar-refractivity contribution < 1.29 is 19.5 Å². The molecule has 1 fully saturated rings. The van der Waals surface area contributed by atoms with E-state index in [1.807, 2.05) is 0 Å². The first-order valence-electron chi connectivity index (χ1n) is 7.11. The molecule has 0 heterocycles. The summed E-state index contributed by atoms with van der Waals surface area (Å²) in [4.78, 5) is 35.0. The monoisotopic (exact) mass is 284 g/mol. The molecule has 0 aromatic heterocycles. The van der Waals surface area contributed by atoms with Gasteiger partial charge in [-0.2, -0.15) is 0 Å². The maximum Gasteiger partial charge on any atom is 0.326 e. The van der Waals surface area contributed by atoms with Crippen LogP contribution in [0.25, 0.3) is 0 Å². The molecule has 20 heavy (non-hydrogen) atoms. The van der Waals surface area contributed by atoms with Crippen LogP contribution in [0, 0.1) is 5.92 Å². The third-order valence-electron chi connectivity index (χ3n) is 3.78. The zero-order valence-electron chi connectivity index (χ0n) is 12.4. The molecule has 1 atom stereocenters. The Balaban J connectivity index is 2.87. The molecule has 1 aliphatic rings. The zero-order chi connectivity index (χ0) is 15.3. The molecule has 0 saturated heterocycles. The smallest absolute Gasteiger partial charge is 0.326 e. The molecule has 0 unspecified atom stereocenters. The van der Waals surface area contributed by atoms with E-state index in [-0.39, 0.29) is 17.7 Å². The van der Waals surface area contributed by atoms with Crippen LogP contribution in [-0.4, -0.2) is 34.5 Å². The van der Waals surface area contributed by atoms with Crippen molar-refractivity contribution in [2.75, 3.05) is 0 Å². The van der Waals surface area contributed by atoms with Crippen LogP contribution in [0.5, 0.6) is 0 Å². The third-order valence-corrected chi connectivity index (χ3v) is 3.78. The summed E-state index contributed by atoms with van der Waals surface area (Å²) in [5.74, 6) is -1.91. The van der Waals surface area contributed by atoms with Gasteiger partial charge in [-0.3, -0.25) is 9.59 Å². The van der Waals surface area contributed by atoms with Gasteiger partial charge in [0.1, 0.15) is 11.6 Å². The van der Waals surface area contributed by atoms with Crippen LogP contribution in [0.15, 0.2) is 0 Å². The first-order chi connectivity index (χ1) is 9.28. The predicted molar refractivity (Wildman–Crippen MR) is 74.0 cm³/mol. The average Bonchev–Trinajstić information content (AvgIpc) is 2.35. The van der Waals surface area contributed by atoms with Gasteiger partial charge in [0.05, 0.1) is 0 Å². The Morgan fingerprint density at radius 2 is 1.65 bits per heavy atom. The number of carboxylic acid groups (broad SMARTS) is 1. The van der Waals surface area contributed by atoms with E-state index in [0.717, 1.165) is 19.3 Å². The van der Waals surface area contributed by atoms with E-state index in [9.17, 15) is 14.4 Å². The van der Waals surface area contributed by atoms with E-state index in [0.29, 0.717) is 12.8 Å². The summed E-state index contributed by atoms with van der Waals surface area (Å²) < 4.78 is 0. The molecule has 1 aliphatic carbocycles. The van der Waals surface area contributed by atoms with Crippen molar-refractivity contribution in [2.24, 2.45) is 5.92 Å². The van der Waals surface area contributed by atoms with Gasteiger partial charge >= 0.3 is 5.97 Å². The van der Waals surface area contributed by atoms with Gasteiger partial charge in [0, 0.05) is 6.92 Å². The lowest BCUT2D eigenvalue weighted by Crippen LogP contribution is -2.62. The van der Waals surface area contributed by atoms with Gasteiger partial charge in [0.2, 0.25) is 11.8 Å². The molecule has 114 valence electrons. The summed E-state index contributed by atoms with van der Waals surface area (Å²) >= 11 is 0. The number of carbonyl (C=O) groups is 3. The summed E-state index contributed by atoms with van der Waals surface area (Å²) in [7, 11) is 0. The molecule has 0 spiro atoms. The largest absolute Gasteiger partial charge is 0.480 e. The summed E-state index contributed by atoms with van der Waals surface area (Å²) in [6.07, 6.45) is 3.85. The summed E-state index contributed by atoms with van der Waals surface area (Å²) in [5, 5.41) is 14.5. The summed E-state index contributed by atoms with van der Waals surface area (Å²) in [6.45, 7) is 4.86. The van der Waals surface area contributed by atoms with Gasteiger partial charge in [0.15, 0.2) is 0 Å². The Kier molecular flexibility index (Phi) is 5.53. The minimum absolute atomic E-state index is 0.214. The van der Waals surface area contributed by atoms with Crippen LogP contribution in [0.4, 0.5) is 0 Å². The number of aliphatic carboxylic acids is 1. The predicted octanol–water partition coefficient (Wildman–Crippen LogP) is 1.05. The van der Waals surface area contributed by atoms with E-state index in [1.54, 1.807) is 13.8 Å². The van der Waals surface area contributed by atoms with Crippen molar-refractivity contribution >= 4 is 17.8 Å². The second-order valence-electron chi connectivity index (χ2n) is 5.86. The lowest BCUT2D eigenvalue weighted by atomic mass is 9.80. The van der Waals surface area contributed by atoms with Crippen molar-refractivity contribution in [3.05, 3.63) is 0 Å². The fourth-order valence-electron chi connectivity index (χ4n) is 2.69. The summed E-state index contributed by atoms with van der Waals surface area (Å²) in [5.41, 5.74) is -0.952. The Morgan fingerprint density at radius 3 is 2.05 bits per heavy atom. The highest BCUT2D eigenvalue weighted by Gasteiger charge is 2.42. The Bertz CT molecular complexity index is 387. The number of nitrogens with one attached hydrogen (secondary N) is 2. The molecule has 6 nitrogen and oxygen atoms in total. The van der Waals surface area contributed by atoms with Crippen LogP contribution in [0.3, 0.4) is 0 Å². The van der Waals surface area contributed by atoms with Crippen molar-refractivity contribution in [2.45, 2.75) is 64.5 Å². The zero-order valence-corrected chi connectivity index (χ0v) is 12.4. The first-order valence-corrected chi connectivity index (χ1v) is 7.11. The van der Waals surface area contributed by atoms with Gasteiger partial charge in [-0.05, 0) is 18.8 Å². The lowest BCUT2D eigenvalue weighted by molar-refractivity contribution is -0.145. The van der Waals surface area contributed by atoms with E-state index in [4.69, 9.17) is 5.11 Å². The SMILES string of the molecule is CC(=O)NC1(C(=O)N[C@H](C(=O)O)C(C)C)CCCCC1. The Hall–Kier alpha value is -1.59. The minimum Gasteiger partial charge on any atom is -0.480 e. The number of amides is 2. The van der Waals surface area contributed by atoms with Crippen molar-refractivity contribution in [3.63, 3.8) is 0 Å². The highest BCUT2D eigenvalue weighted by atomic mass is 16.4. The molecule has 0 aromatic rings. The van der Waals surface area contributed by atoms with Gasteiger partial charge in [0.25, 0.3) is 0 Å². The second kappa shape index (κ2) is 6.72. The molecule has 6 heteroatoms. The van der Waals surface area contributed by atoms with Crippen LogP contribution < -0.4 is 10.6 Å². The van der Waals surface area contributed by atoms with Crippen molar-refractivity contribution in [1.29, 1.82) is 0 Å². The quantitative estimate of drug-likeness (QED) is 0.703. The van der Waals surface area contributed by atoms with E-state index >= 15 is 0 Å². The lowest BCUT2D eigenvalue weighted by Gasteiger charge is -2.37. The van der Waals surface area contributed by atoms with Gasteiger partial charge in [-0.1, -0.05) is 33.1 Å². The molecular formula is C14H24N2O4. The number of carbonyl (C=O) groups excluding carboxylic acids is 2. The van der Waals surface area contributed by atoms with Crippen LogP contribution in [-0.2, 0) is 14.4 Å². The normalized spacial score (nSPS) is 19.2. The number of rotatable bonds is 5. The molecule has 1 saturated carbocycles. The standard InChI is InChI=1S/C14H24N2O4/c1-9(2)11(12(18)19)15-13(20)14(16-10(3)17)7-5-4-6-8-14/h9,11H,4-8H2,1-3H3,(H,15,20)(H,16,17)(H,18,19)/t11-/m0/s1.